The predicted molar refractivity (Wildman–Crippen MR) is 84.3 cm³/mol. The zero-order chi connectivity index (χ0) is 13.1. The van der Waals surface area contributed by atoms with Crippen LogP contribution in [0.25, 0.3) is 0 Å². The van der Waals surface area contributed by atoms with E-state index in [4.69, 9.17) is 0 Å². The van der Waals surface area contributed by atoms with Crippen molar-refractivity contribution in [3.05, 3.63) is 11.3 Å². The van der Waals surface area contributed by atoms with E-state index in [0.717, 1.165) is 0 Å². The highest BCUT2D eigenvalue weighted by molar-refractivity contribution is 6.86. The maximum Gasteiger partial charge on any atom is 0.0803 e. The van der Waals surface area contributed by atoms with E-state index >= 15 is 0 Å². The Morgan fingerprint density at radius 2 is 1.35 bits per heavy atom. The average molecular weight is 255 g/mol. The highest BCUT2D eigenvalue weighted by atomic mass is 28.3. The van der Waals surface area contributed by atoms with Crippen molar-refractivity contribution in [2.24, 2.45) is 0 Å². The molecule has 0 atom stereocenters. The van der Waals surface area contributed by atoms with Crippen molar-refractivity contribution in [1.82, 2.24) is 0 Å². The van der Waals surface area contributed by atoms with Crippen LogP contribution in [0.5, 0.6) is 0 Å². The van der Waals surface area contributed by atoms with Crippen LogP contribution in [0.1, 0.15) is 73.1 Å². The van der Waals surface area contributed by atoms with Crippen LogP contribution in [-0.4, -0.2) is 8.07 Å². The van der Waals surface area contributed by atoms with Crippen molar-refractivity contribution in [3.8, 4) is 0 Å². The first-order valence-corrected chi connectivity index (χ1v) is 10.5. The number of allylic oxidation sites excluding steroid dienone is 2. The molecule has 0 aromatic rings. The number of hydrogen-bond donors (Lipinski definition) is 0. The molecular formula is C16H34Si. The number of unbranched alkanes of at least 4 members (excludes halogenated alkanes) is 3. The summed E-state index contributed by atoms with van der Waals surface area (Å²) in [6.45, 7) is 11.9. The largest absolute Gasteiger partial charge is 0.0891 e. The molecule has 0 saturated heterocycles. The molecule has 0 nitrogen and oxygen atoms in total. The Hall–Kier alpha value is -0.0431. The van der Waals surface area contributed by atoms with E-state index in [9.17, 15) is 0 Å². The summed E-state index contributed by atoms with van der Waals surface area (Å²) in [6.07, 6.45) is 10.8. The molecule has 0 aliphatic rings. The van der Waals surface area contributed by atoms with Crippen LogP contribution in [-0.2, 0) is 0 Å². The van der Waals surface area contributed by atoms with Gasteiger partial charge in [-0.1, -0.05) is 89.7 Å². The molecular weight excluding hydrogens is 220 g/mol. The van der Waals surface area contributed by atoms with Gasteiger partial charge < -0.3 is 0 Å². The minimum absolute atomic E-state index is 1.07. The third-order valence-electron chi connectivity index (χ3n) is 4.46. The molecule has 0 fully saturated rings. The third kappa shape index (κ3) is 5.42. The molecule has 102 valence electrons. The van der Waals surface area contributed by atoms with E-state index in [2.05, 4.69) is 40.7 Å². The molecule has 0 bridgehead atoms. The zero-order valence-electron chi connectivity index (χ0n) is 12.9. The standard InChI is InChI=1S/C16H34Si/c1-6-11-13-15-16(14-12-7-2)17(8-3,9-4)10-5/h15H,6-14H2,1-5H3/b16-15+. The van der Waals surface area contributed by atoms with E-state index in [1.165, 1.54) is 56.7 Å². The Morgan fingerprint density at radius 1 is 0.824 bits per heavy atom. The van der Waals surface area contributed by atoms with E-state index in [-0.39, 0.29) is 0 Å². The highest BCUT2D eigenvalue weighted by Crippen LogP contribution is 2.32. The fourth-order valence-electron chi connectivity index (χ4n) is 2.86. The molecule has 1 heteroatoms. The van der Waals surface area contributed by atoms with Crippen molar-refractivity contribution in [1.29, 1.82) is 0 Å². The van der Waals surface area contributed by atoms with Gasteiger partial charge in [0.2, 0.25) is 0 Å². The third-order valence-corrected chi connectivity index (χ3v) is 10.3. The van der Waals surface area contributed by atoms with Gasteiger partial charge in [0.25, 0.3) is 0 Å². The van der Waals surface area contributed by atoms with Crippen LogP contribution in [0, 0.1) is 0 Å². The summed E-state index contributed by atoms with van der Waals surface area (Å²) in [5, 5.41) is 1.90. The van der Waals surface area contributed by atoms with Crippen LogP contribution in [0.15, 0.2) is 11.3 Å². The average Bonchev–Trinajstić information content (AvgIpc) is 2.37. The maximum atomic E-state index is 2.64. The lowest BCUT2D eigenvalue weighted by Gasteiger charge is -2.32. The molecule has 0 saturated carbocycles. The van der Waals surface area contributed by atoms with Gasteiger partial charge in [0.1, 0.15) is 0 Å². The van der Waals surface area contributed by atoms with E-state index in [1.807, 2.05) is 5.20 Å². The Bertz CT molecular complexity index is 193. The summed E-state index contributed by atoms with van der Waals surface area (Å²) < 4.78 is 0. The van der Waals surface area contributed by atoms with Gasteiger partial charge in [-0.15, -0.1) is 0 Å². The fourth-order valence-corrected chi connectivity index (χ4v) is 7.01. The molecule has 0 N–H and O–H groups in total. The topological polar surface area (TPSA) is 0 Å². The van der Waals surface area contributed by atoms with Gasteiger partial charge in [-0.3, -0.25) is 0 Å². The quantitative estimate of drug-likeness (QED) is 0.315. The lowest BCUT2D eigenvalue weighted by Crippen LogP contribution is -2.34. The summed E-state index contributed by atoms with van der Waals surface area (Å²) in [5.41, 5.74) is 0. The Kier molecular flexibility index (Phi) is 9.91. The molecule has 0 heterocycles. The van der Waals surface area contributed by atoms with Crippen molar-refractivity contribution in [2.45, 2.75) is 91.3 Å². The highest BCUT2D eigenvalue weighted by Gasteiger charge is 2.30. The summed E-state index contributed by atoms with van der Waals surface area (Å²) in [7, 11) is -1.07. The molecule has 0 unspecified atom stereocenters. The van der Waals surface area contributed by atoms with Crippen LogP contribution in [0.4, 0.5) is 0 Å². The molecule has 0 radical (unpaired) electrons. The smallest absolute Gasteiger partial charge is 0.0803 e. The van der Waals surface area contributed by atoms with Crippen molar-refractivity contribution >= 4 is 8.07 Å². The van der Waals surface area contributed by atoms with Crippen molar-refractivity contribution in [2.75, 3.05) is 0 Å². The minimum atomic E-state index is -1.07. The zero-order valence-corrected chi connectivity index (χ0v) is 13.9. The molecule has 17 heavy (non-hydrogen) atoms. The summed E-state index contributed by atoms with van der Waals surface area (Å²) >= 11 is 0. The van der Waals surface area contributed by atoms with E-state index in [0.29, 0.717) is 0 Å². The van der Waals surface area contributed by atoms with Gasteiger partial charge in [-0.25, -0.2) is 0 Å². The molecule has 0 spiro atoms. The van der Waals surface area contributed by atoms with Crippen LogP contribution in [0.2, 0.25) is 18.1 Å². The van der Waals surface area contributed by atoms with Gasteiger partial charge >= 0.3 is 0 Å². The van der Waals surface area contributed by atoms with Crippen molar-refractivity contribution < 1.29 is 0 Å². The van der Waals surface area contributed by atoms with Crippen LogP contribution < -0.4 is 0 Å². The second kappa shape index (κ2) is 9.93. The number of rotatable bonds is 10. The van der Waals surface area contributed by atoms with Gasteiger partial charge in [0.05, 0.1) is 8.07 Å². The molecule has 0 aliphatic carbocycles. The lowest BCUT2D eigenvalue weighted by molar-refractivity contribution is 0.779. The first-order chi connectivity index (χ1) is 8.20. The van der Waals surface area contributed by atoms with Crippen LogP contribution >= 0.6 is 0 Å². The molecule has 0 aromatic carbocycles. The first kappa shape index (κ1) is 17.0. The van der Waals surface area contributed by atoms with Gasteiger partial charge in [-0.2, -0.15) is 0 Å². The summed E-state index contributed by atoms with van der Waals surface area (Å²) in [5.74, 6) is 0. The monoisotopic (exact) mass is 254 g/mol. The van der Waals surface area contributed by atoms with E-state index < -0.39 is 8.07 Å². The maximum absolute atomic E-state index is 2.64. The number of hydrogen-bond acceptors (Lipinski definition) is 0. The van der Waals surface area contributed by atoms with Gasteiger partial charge in [0.15, 0.2) is 0 Å². The van der Waals surface area contributed by atoms with Crippen LogP contribution in [0.3, 0.4) is 0 Å². The second-order valence-electron chi connectivity index (χ2n) is 5.32. The fraction of sp³-hybridized carbons (Fsp3) is 0.875. The van der Waals surface area contributed by atoms with Gasteiger partial charge in [-0.05, 0) is 12.8 Å². The Morgan fingerprint density at radius 3 is 1.76 bits per heavy atom. The Balaban J connectivity index is 4.78. The molecule has 0 amide bonds. The second-order valence-corrected chi connectivity index (χ2v) is 10.6. The lowest BCUT2D eigenvalue weighted by atomic mass is 10.2. The minimum Gasteiger partial charge on any atom is -0.0891 e. The molecule has 0 rings (SSSR count). The van der Waals surface area contributed by atoms with E-state index in [1.54, 1.807) is 0 Å². The normalized spacial score (nSPS) is 13.1. The Labute approximate surface area is 111 Å². The first-order valence-electron chi connectivity index (χ1n) is 7.90. The SMILES string of the molecule is CCCC/C=C(\CCCC)[Si](CC)(CC)CC. The predicted octanol–water partition coefficient (Wildman–Crippen LogP) is 6.34. The van der Waals surface area contributed by atoms with Gasteiger partial charge in [0, 0.05) is 0 Å². The summed E-state index contributed by atoms with van der Waals surface area (Å²) in [4.78, 5) is 0. The molecule has 0 aliphatic heterocycles. The molecule has 0 aromatic heterocycles. The summed E-state index contributed by atoms with van der Waals surface area (Å²) in [6, 6.07) is 4.34. The van der Waals surface area contributed by atoms with Crippen molar-refractivity contribution in [3.63, 3.8) is 0 Å².